The summed E-state index contributed by atoms with van der Waals surface area (Å²) in [5, 5.41) is 13.3. The molecule has 20 heavy (non-hydrogen) atoms. The van der Waals surface area contributed by atoms with Gasteiger partial charge < -0.3 is 15.2 Å². The van der Waals surface area contributed by atoms with Gasteiger partial charge in [-0.25, -0.2) is 0 Å². The summed E-state index contributed by atoms with van der Waals surface area (Å²) in [6.45, 7) is 6.29. The average Bonchev–Trinajstić information content (AvgIpc) is 2.41. The van der Waals surface area contributed by atoms with Crippen molar-refractivity contribution >= 4 is 0 Å². The van der Waals surface area contributed by atoms with Gasteiger partial charge in [0.15, 0.2) is 0 Å². The second-order valence-electron chi connectivity index (χ2n) is 6.10. The quantitative estimate of drug-likeness (QED) is 0.866. The van der Waals surface area contributed by atoms with Crippen LogP contribution in [-0.4, -0.2) is 23.4 Å². The van der Waals surface area contributed by atoms with E-state index in [1.807, 2.05) is 12.1 Å². The Kier molecular flexibility index (Phi) is 5.44. The zero-order chi connectivity index (χ0) is 14.5. The van der Waals surface area contributed by atoms with Gasteiger partial charge in [-0.3, -0.25) is 0 Å². The molecule has 2 N–H and O–H groups in total. The molecule has 0 aromatic heterocycles. The summed E-state index contributed by atoms with van der Waals surface area (Å²) in [6, 6.07) is 9.02. The summed E-state index contributed by atoms with van der Waals surface area (Å²) in [5.41, 5.74) is 1.22. The largest absolute Gasteiger partial charge is 0.491 e. The van der Waals surface area contributed by atoms with Crippen LogP contribution in [0.4, 0.5) is 0 Å². The third-order valence-electron chi connectivity index (χ3n) is 3.93. The van der Waals surface area contributed by atoms with Crippen LogP contribution in [0.15, 0.2) is 24.3 Å². The van der Waals surface area contributed by atoms with Crippen LogP contribution in [-0.2, 0) is 0 Å². The monoisotopic (exact) mass is 277 g/mol. The second-order valence-corrected chi connectivity index (χ2v) is 6.10. The Morgan fingerprint density at radius 3 is 2.40 bits per heavy atom. The lowest BCUT2D eigenvalue weighted by molar-refractivity contribution is 0.114. The maximum absolute atomic E-state index is 9.57. The molecule has 0 aliphatic heterocycles. The summed E-state index contributed by atoms with van der Waals surface area (Å²) < 4.78 is 5.89. The maximum atomic E-state index is 9.57. The number of aliphatic hydroxyl groups excluding tert-OH is 1. The second kappa shape index (κ2) is 7.09. The minimum absolute atomic E-state index is 0.0973. The van der Waals surface area contributed by atoms with Gasteiger partial charge in [-0.05, 0) is 52.5 Å². The topological polar surface area (TPSA) is 41.5 Å². The molecule has 1 aromatic rings. The Morgan fingerprint density at radius 1 is 1.10 bits per heavy atom. The molecule has 1 unspecified atom stereocenters. The highest BCUT2D eigenvalue weighted by molar-refractivity contribution is 5.35. The van der Waals surface area contributed by atoms with Crippen molar-refractivity contribution in [1.82, 2.24) is 5.32 Å². The molecule has 112 valence electrons. The fourth-order valence-corrected chi connectivity index (χ4v) is 2.89. The number of hydrogen-bond acceptors (Lipinski definition) is 3. The molecule has 2 rings (SSSR count). The Hall–Kier alpha value is -1.06. The average molecular weight is 277 g/mol. The summed E-state index contributed by atoms with van der Waals surface area (Å²) in [6.07, 6.45) is 4.02. The van der Waals surface area contributed by atoms with Crippen molar-refractivity contribution in [2.24, 2.45) is 0 Å². The molecule has 0 radical (unpaired) electrons. The van der Waals surface area contributed by atoms with Crippen molar-refractivity contribution in [2.75, 3.05) is 0 Å². The minimum atomic E-state index is -0.0973. The molecule has 1 atom stereocenters. The van der Waals surface area contributed by atoms with Crippen molar-refractivity contribution < 1.29 is 9.84 Å². The van der Waals surface area contributed by atoms with Gasteiger partial charge in [0, 0.05) is 17.6 Å². The van der Waals surface area contributed by atoms with Crippen LogP contribution < -0.4 is 10.1 Å². The van der Waals surface area contributed by atoms with E-state index in [4.69, 9.17) is 4.74 Å². The molecule has 0 bridgehead atoms. The van der Waals surface area contributed by atoms with Crippen molar-refractivity contribution in [1.29, 1.82) is 0 Å². The lowest BCUT2D eigenvalue weighted by atomic mass is 9.92. The van der Waals surface area contributed by atoms with Crippen molar-refractivity contribution in [2.45, 2.75) is 70.7 Å². The zero-order valence-electron chi connectivity index (χ0n) is 12.8. The summed E-state index contributed by atoms with van der Waals surface area (Å²) >= 11 is 0. The van der Waals surface area contributed by atoms with E-state index < -0.39 is 0 Å². The van der Waals surface area contributed by atoms with Crippen LogP contribution in [0, 0.1) is 0 Å². The number of hydrogen-bond donors (Lipinski definition) is 2. The van der Waals surface area contributed by atoms with Crippen molar-refractivity contribution in [3.8, 4) is 5.75 Å². The predicted octanol–water partition coefficient (Wildman–Crippen LogP) is 3.43. The van der Waals surface area contributed by atoms with Crippen molar-refractivity contribution in [3.05, 3.63) is 29.8 Å². The normalized spacial score (nSPS) is 24.6. The smallest absolute Gasteiger partial charge is 0.124 e. The SMILES string of the molecule is CC(C)Oc1ccccc1C(C)NC1CCC(O)CC1. The molecular formula is C17H27NO2. The summed E-state index contributed by atoms with van der Waals surface area (Å²) in [7, 11) is 0. The molecular weight excluding hydrogens is 250 g/mol. The number of para-hydroxylation sites is 1. The van der Waals surface area contributed by atoms with Crippen LogP contribution in [0.2, 0.25) is 0 Å². The fraction of sp³-hybridized carbons (Fsp3) is 0.647. The van der Waals surface area contributed by atoms with Crippen molar-refractivity contribution in [3.63, 3.8) is 0 Å². The number of aliphatic hydroxyl groups is 1. The Morgan fingerprint density at radius 2 is 1.75 bits per heavy atom. The first kappa shape index (κ1) is 15.3. The van der Waals surface area contributed by atoms with Gasteiger partial charge in [-0.15, -0.1) is 0 Å². The van der Waals surface area contributed by atoms with E-state index in [1.165, 1.54) is 5.56 Å². The van der Waals surface area contributed by atoms with Gasteiger partial charge in [0.25, 0.3) is 0 Å². The lowest BCUT2D eigenvalue weighted by Gasteiger charge is -2.30. The van der Waals surface area contributed by atoms with Crippen LogP contribution in [0.5, 0.6) is 5.75 Å². The Bertz CT molecular complexity index is 411. The minimum Gasteiger partial charge on any atom is -0.491 e. The molecule has 1 fully saturated rings. The first-order valence-corrected chi connectivity index (χ1v) is 7.76. The number of ether oxygens (including phenoxy) is 1. The molecule has 0 amide bonds. The zero-order valence-corrected chi connectivity index (χ0v) is 12.8. The van der Waals surface area contributed by atoms with Crippen LogP contribution in [0.3, 0.4) is 0 Å². The van der Waals surface area contributed by atoms with Gasteiger partial charge in [-0.1, -0.05) is 18.2 Å². The van der Waals surface area contributed by atoms with E-state index in [0.717, 1.165) is 31.4 Å². The highest BCUT2D eigenvalue weighted by Gasteiger charge is 2.22. The van der Waals surface area contributed by atoms with Gasteiger partial charge in [0.05, 0.1) is 12.2 Å². The molecule has 0 spiro atoms. The van der Waals surface area contributed by atoms with E-state index in [9.17, 15) is 5.11 Å². The lowest BCUT2D eigenvalue weighted by Crippen LogP contribution is -2.36. The van der Waals surface area contributed by atoms with Gasteiger partial charge in [0.1, 0.15) is 5.75 Å². The highest BCUT2D eigenvalue weighted by atomic mass is 16.5. The molecule has 0 saturated heterocycles. The summed E-state index contributed by atoms with van der Waals surface area (Å²) in [4.78, 5) is 0. The molecule has 3 heteroatoms. The van der Waals surface area contributed by atoms with Crippen LogP contribution in [0.1, 0.15) is 58.1 Å². The maximum Gasteiger partial charge on any atom is 0.124 e. The predicted molar refractivity (Wildman–Crippen MR) is 82.0 cm³/mol. The van der Waals surface area contributed by atoms with Crippen LogP contribution >= 0.6 is 0 Å². The molecule has 1 saturated carbocycles. The molecule has 1 aliphatic rings. The van der Waals surface area contributed by atoms with Gasteiger partial charge in [-0.2, -0.15) is 0 Å². The Balaban J connectivity index is 1.99. The summed E-state index contributed by atoms with van der Waals surface area (Å²) in [5.74, 6) is 0.971. The fourth-order valence-electron chi connectivity index (χ4n) is 2.89. The van der Waals surface area contributed by atoms with E-state index >= 15 is 0 Å². The highest BCUT2D eigenvalue weighted by Crippen LogP contribution is 2.28. The molecule has 3 nitrogen and oxygen atoms in total. The molecule has 1 aromatic carbocycles. The van der Waals surface area contributed by atoms with E-state index in [-0.39, 0.29) is 18.2 Å². The van der Waals surface area contributed by atoms with Crippen LogP contribution in [0.25, 0.3) is 0 Å². The Labute approximate surface area is 122 Å². The first-order chi connectivity index (χ1) is 9.56. The number of nitrogens with one attached hydrogen (secondary N) is 1. The van der Waals surface area contributed by atoms with Gasteiger partial charge >= 0.3 is 0 Å². The molecule has 1 aliphatic carbocycles. The third kappa shape index (κ3) is 4.22. The number of benzene rings is 1. The van der Waals surface area contributed by atoms with E-state index in [2.05, 4.69) is 38.2 Å². The van der Waals surface area contributed by atoms with E-state index in [0.29, 0.717) is 6.04 Å². The van der Waals surface area contributed by atoms with Gasteiger partial charge in [0.2, 0.25) is 0 Å². The van der Waals surface area contributed by atoms with E-state index in [1.54, 1.807) is 0 Å². The number of rotatable bonds is 5. The molecule has 0 heterocycles. The standard InChI is InChI=1S/C17H27NO2/c1-12(2)20-17-7-5-4-6-16(17)13(3)18-14-8-10-15(19)11-9-14/h4-7,12-15,18-19H,8-11H2,1-3H3. The third-order valence-corrected chi connectivity index (χ3v) is 3.93. The first-order valence-electron chi connectivity index (χ1n) is 7.76.